The molecule has 1 fully saturated rings. The van der Waals surface area contributed by atoms with E-state index in [2.05, 4.69) is 5.32 Å². The van der Waals surface area contributed by atoms with Crippen LogP contribution in [0.5, 0.6) is 0 Å². The minimum absolute atomic E-state index is 0.0243. The molecule has 0 bridgehead atoms. The van der Waals surface area contributed by atoms with Crippen molar-refractivity contribution in [2.75, 3.05) is 10.8 Å². The molecule has 0 aliphatic heterocycles. The number of nitro benzene ring substituents is 1. The summed E-state index contributed by atoms with van der Waals surface area (Å²) in [5, 5.41) is 15.2. The van der Waals surface area contributed by atoms with Crippen molar-refractivity contribution in [3.63, 3.8) is 0 Å². The molecule has 0 unspecified atom stereocenters. The molecule has 0 heterocycles. The molecular formula is C35H35ClN4O6S. The van der Waals surface area contributed by atoms with Gasteiger partial charge in [-0.3, -0.25) is 24.0 Å². The van der Waals surface area contributed by atoms with Crippen molar-refractivity contribution in [2.24, 2.45) is 0 Å². The highest BCUT2D eigenvalue weighted by atomic mass is 35.5. The van der Waals surface area contributed by atoms with E-state index in [1.165, 1.54) is 35.2 Å². The largest absolute Gasteiger partial charge is 0.352 e. The number of carbonyl (C=O) groups is 2. The Hall–Kier alpha value is -4.74. The Morgan fingerprint density at radius 2 is 1.51 bits per heavy atom. The molecular weight excluding hydrogens is 640 g/mol. The number of hydrogen-bond donors (Lipinski definition) is 1. The van der Waals surface area contributed by atoms with Crippen molar-refractivity contribution in [2.45, 2.75) is 55.6 Å². The van der Waals surface area contributed by atoms with Crippen LogP contribution in [0, 0.1) is 10.1 Å². The molecule has 4 aromatic carbocycles. The summed E-state index contributed by atoms with van der Waals surface area (Å²) in [6, 6.07) is 27.8. The average molecular weight is 675 g/mol. The van der Waals surface area contributed by atoms with Crippen LogP contribution >= 0.6 is 11.6 Å². The highest BCUT2D eigenvalue weighted by molar-refractivity contribution is 7.92. The second-order valence-electron chi connectivity index (χ2n) is 11.4. The number of nitrogens with zero attached hydrogens (tertiary/aromatic N) is 3. The molecule has 0 radical (unpaired) electrons. The first-order valence-corrected chi connectivity index (χ1v) is 17.1. The van der Waals surface area contributed by atoms with Crippen LogP contribution in [0.1, 0.15) is 36.8 Å². The van der Waals surface area contributed by atoms with E-state index < -0.39 is 33.4 Å². The Balaban J connectivity index is 1.58. The predicted octanol–water partition coefficient (Wildman–Crippen LogP) is 6.14. The van der Waals surface area contributed by atoms with Gasteiger partial charge in [0.1, 0.15) is 12.6 Å². The van der Waals surface area contributed by atoms with Gasteiger partial charge in [0.05, 0.1) is 15.5 Å². The van der Waals surface area contributed by atoms with E-state index in [4.69, 9.17) is 11.6 Å². The Morgan fingerprint density at radius 1 is 0.872 bits per heavy atom. The van der Waals surface area contributed by atoms with Gasteiger partial charge < -0.3 is 10.2 Å². The summed E-state index contributed by atoms with van der Waals surface area (Å²) in [6.07, 6.45) is 3.84. The molecule has 10 nitrogen and oxygen atoms in total. The monoisotopic (exact) mass is 674 g/mol. The molecule has 2 amide bonds. The molecule has 1 N–H and O–H groups in total. The number of carbonyl (C=O) groups excluding carboxylic acids is 2. The first kappa shape index (κ1) is 33.6. The number of anilines is 1. The third kappa shape index (κ3) is 8.55. The van der Waals surface area contributed by atoms with E-state index in [-0.39, 0.29) is 41.2 Å². The average Bonchev–Trinajstić information content (AvgIpc) is 3.59. The number of hydrogen-bond acceptors (Lipinski definition) is 6. The lowest BCUT2D eigenvalue weighted by atomic mass is 10.0. The minimum atomic E-state index is -4.39. The zero-order valence-electron chi connectivity index (χ0n) is 25.6. The van der Waals surface area contributed by atoms with Gasteiger partial charge >= 0.3 is 0 Å². The Bertz CT molecular complexity index is 1820. The van der Waals surface area contributed by atoms with E-state index in [9.17, 15) is 28.1 Å². The van der Waals surface area contributed by atoms with Crippen LogP contribution in [0.25, 0.3) is 0 Å². The smallest absolute Gasteiger partial charge is 0.271 e. The third-order valence-electron chi connectivity index (χ3n) is 8.15. The SMILES string of the molecule is O=C(NC1CCCC1)[C@@H](Cc1ccccc1)N(Cc1cccc(Cl)c1)C(=O)CN(c1cccc([N+](=O)[O-])c1)S(=O)(=O)c1ccccc1. The lowest BCUT2D eigenvalue weighted by Gasteiger charge is -2.34. The summed E-state index contributed by atoms with van der Waals surface area (Å²) in [4.78, 5) is 40.9. The van der Waals surface area contributed by atoms with Gasteiger partial charge in [-0.25, -0.2) is 8.42 Å². The second-order valence-corrected chi connectivity index (χ2v) is 13.7. The fraction of sp³-hybridized carbons (Fsp3) is 0.257. The summed E-state index contributed by atoms with van der Waals surface area (Å²) in [5.74, 6) is -1.01. The molecule has 0 aromatic heterocycles. The maximum atomic E-state index is 14.6. The molecule has 5 rings (SSSR count). The van der Waals surface area contributed by atoms with E-state index in [0.29, 0.717) is 10.6 Å². The van der Waals surface area contributed by atoms with E-state index in [1.807, 2.05) is 30.3 Å². The van der Waals surface area contributed by atoms with Crippen LogP contribution in [0.2, 0.25) is 5.02 Å². The summed E-state index contributed by atoms with van der Waals surface area (Å²) in [7, 11) is -4.39. The number of sulfonamides is 1. The fourth-order valence-corrected chi connectivity index (χ4v) is 7.40. The topological polar surface area (TPSA) is 130 Å². The molecule has 12 heteroatoms. The molecule has 1 atom stereocenters. The maximum absolute atomic E-state index is 14.6. The highest BCUT2D eigenvalue weighted by Gasteiger charge is 2.36. The van der Waals surface area contributed by atoms with Crippen LogP contribution < -0.4 is 9.62 Å². The van der Waals surface area contributed by atoms with Gasteiger partial charge in [0, 0.05) is 36.2 Å². The zero-order chi connectivity index (χ0) is 33.4. The van der Waals surface area contributed by atoms with E-state index in [1.54, 1.807) is 42.5 Å². The molecule has 1 aliphatic rings. The van der Waals surface area contributed by atoms with Gasteiger partial charge in [0.25, 0.3) is 15.7 Å². The summed E-state index contributed by atoms with van der Waals surface area (Å²) < 4.78 is 29.0. The summed E-state index contributed by atoms with van der Waals surface area (Å²) in [6.45, 7) is -0.760. The van der Waals surface area contributed by atoms with Gasteiger partial charge in [-0.1, -0.05) is 91.2 Å². The third-order valence-corrected chi connectivity index (χ3v) is 10.2. The molecule has 0 saturated heterocycles. The number of nitro groups is 1. The first-order valence-electron chi connectivity index (χ1n) is 15.3. The number of rotatable bonds is 13. The van der Waals surface area contributed by atoms with Gasteiger partial charge in [-0.15, -0.1) is 0 Å². The van der Waals surface area contributed by atoms with E-state index >= 15 is 0 Å². The maximum Gasteiger partial charge on any atom is 0.271 e. The number of amides is 2. The van der Waals surface area contributed by atoms with Crippen molar-refractivity contribution < 1.29 is 22.9 Å². The molecule has 1 saturated carbocycles. The van der Waals surface area contributed by atoms with Crippen molar-refractivity contribution in [3.05, 3.63) is 135 Å². The molecule has 47 heavy (non-hydrogen) atoms. The Kier molecular flexibility index (Phi) is 10.9. The highest BCUT2D eigenvalue weighted by Crippen LogP contribution is 2.28. The van der Waals surface area contributed by atoms with Gasteiger partial charge in [-0.2, -0.15) is 0 Å². The van der Waals surface area contributed by atoms with Gasteiger partial charge in [-0.05, 0) is 54.3 Å². The van der Waals surface area contributed by atoms with Crippen LogP contribution in [-0.4, -0.2) is 48.7 Å². The molecule has 1 aliphatic carbocycles. The first-order chi connectivity index (χ1) is 22.6. The lowest BCUT2D eigenvalue weighted by molar-refractivity contribution is -0.384. The normalized spacial score (nSPS) is 13.9. The number of non-ortho nitro benzene ring substituents is 1. The Morgan fingerprint density at radius 3 is 2.17 bits per heavy atom. The zero-order valence-corrected chi connectivity index (χ0v) is 27.1. The van der Waals surface area contributed by atoms with Crippen LogP contribution in [0.15, 0.2) is 114 Å². The van der Waals surface area contributed by atoms with Crippen LogP contribution in [0.3, 0.4) is 0 Å². The second kappa shape index (κ2) is 15.2. The number of benzene rings is 4. The van der Waals surface area contributed by atoms with E-state index in [0.717, 1.165) is 41.6 Å². The van der Waals surface area contributed by atoms with Crippen LogP contribution in [-0.2, 0) is 32.6 Å². The number of halogens is 1. The standard InChI is InChI=1S/C35H35ClN4O6S/c36-28-14-9-13-27(21-28)24-38(33(22-26-11-3-1-4-12-26)35(42)37-29-15-7-8-16-29)34(41)25-39(30-17-10-18-31(23-30)40(43)44)47(45,46)32-19-5-2-6-20-32/h1-6,9-14,17-21,23,29,33H,7-8,15-16,22,24-25H2,(H,37,42)/t33-/m1/s1. The summed E-state index contributed by atoms with van der Waals surface area (Å²) >= 11 is 6.30. The number of nitrogens with one attached hydrogen (secondary N) is 1. The fourth-order valence-electron chi connectivity index (χ4n) is 5.76. The van der Waals surface area contributed by atoms with Gasteiger partial charge in [0.15, 0.2) is 0 Å². The predicted molar refractivity (Wildman–Crippen MR) is 180 cm³/mol. The Labute approximate surface area is 279 Å². The van der Waals surface area contributed by atoms with Crippen molar-refractivity contribution in [3.8, 4) is 0 Å². The summed E-state index contributed by atoms with van der Waals surface area (Å²) in [5.41, 5.74) is 1.06. The molecule has 0 spiro atoms. The van der Waals surface area contributed by atoms with Gasteiger partial charge in [0.2, 0.25) is 11.8 Å². The minimum Gasteiger partial charge on any atom is -0.352 e. The van der Waals surface area contributed by atoms with Crippen molar-refractivity contribution >= 4 is 44.8 Å². The van der Waals surface area contributed by atoms with Crippen molar-refractivity contribution in [1.29, 1.82) is 0 Å². The molecule has 244 valence electrons. The lowest BCUT2D eigenvalue weighted by Crippen LogP contribution is -2.54. The molecule has 4 aromatic rings. The van der Waals surface area contributed by atoms with Crippen LogP contribution in [0.4, 0.5) is 11.4 Å². The quantitative estimate of drug-likeness (QED) is 0.134. The van der Waals surface area contributed by atoms with Crippen molar-refractivity contribution in [1.82, 2.24) is 10.2 Å².